The fraction of sp³-hybridized carbons (Fsp3) is 0.348. The van der Waals surface area contributed by atoms with E-state index in [4.69, 9.17) is 4.74 Å². The van der Waals surface area contributed by atoms with E-state index >= 15 is 0 Å². The summed E-state index contributed by atoms with van der Waals surface area (Å²) < 4.78 is 7.28. The summed E-state index contributed by atoms with van der Waals surface area (Å²) in [5, 5.41) is 0. The molecule has 0 radical (unpaired) electrons. The minimum absolute atomic E-state index is 0.00991. The summed E-state index contributed by atoms with van der Waals surface area (Å²) in [5.41, 5.74) is 1.70. The number of hydrogen-bond donors (Lipinski definition) is 0. The lowest BCUT2D eigenvalue weighted by molar-refractivity contribution is 0.0228. The van der Waals surface area contributed by atoms with Gasteiger partial charge in [0, 0.05) is 50.8 Å². The van der Waals surface area contributed by atoms with Crippen molar-refractivity contribution in [3.05, 3.63) is 78.5 Å². The molecule has 1 fully saturated rings. The lowest BCUT2D eigenvalue weighted by Crippen LogP contribution is -2.48. The maximum absolute atomic E-state index is 13.5. The van der Waals surface area contributed by atoms with Crippen molar-refractivity contribution in [2.75, 3.05) is 32.8 Å². The third kappa shape index (κ3) is 4.93. The van der Waals surface area contributed by atoms with Gasteiger partial charge in [0.2, 0.25) is 0 Å². The molecule has 0 spiro atoms. The Balaban J connectivity index is 1.53. The number of morpholine rings is 1. The van der Waals surface area contributed by atoms with Gasteiger partial charge in [-0.3, -0.25) is 14.3 Å². The molecule has 3 aromatic rings. The average molecular weight is 406 g/mol. The first-order chi connectivity index (χ1) is 14.7. The lowest BCUT2D eigenvalue weighted by atomic mass is 10.1. The van der Waals surface area contributed by atoms with Crippen molar-refractivity contribution >= 4 is 5.91 Å². The molecule has 1 atom stereocenters. The Morgan fingerprint density at radius 2 is 1.97 bits per heavy atom. The zero-order valence-electron chi connectivity index (χ0n) is 17.2. The van der Waals surface area contributed by atoms with E-state index in [-0.39, 0.29) is 11.9 Å². The first-order valence-corrected chi connectivity index (χ1v) is 10.3. The van der Waals surface area contributed by atoms with Gasteiger partial charge in [0.05, 0.1) is 18.8 Å². The van der Waals surface area contributed by atoms with Crippen LogP contribution in [-0.4, -0.2) is 69.1 Å². The first-order valence-electron chi connectivity index (χ1n) is 10.3. The van der Waals surface area contributed by atoms with Crippen LogP contribution in [0.2, 0.25) is 0 Å². The minimum Gasteiger partial charge on any atom is -0.379 e. The highest BCUT2D eigenvalue weighted by Crippen LogP contribution is 2.16. The Hall–Kier alpha value is -3.03. The number of amides is 1. The number of benzene rings is 1. The maximum Gasteiger partial charge on any atom is 0.256 e. The van der Waals surface area contributed by atoms with E-state index in [2.05, 4.69) is 33.9 Å². The molecule has 1 aromatic carbocycles. The van der Waals surface area contributed by atoms with Crippen molar-refractivity contribution < 1.29 is 9.53 Å². The van der Waals surface area contributed by atoms with E-state index in [1.165, 1.54) is 0 Å². The van der Waals surface area contributed by atoms with Crippen LogP contribution in [-0.2, 0) is 11.3 Å². The van der Waals surface area contributed by atoms with Gasteiger partial charge in [-0.15, -0.1) is 0 Å². The molecular formula is C23H27N5O2. The number of aromatic nitrogens is 3. The first kappa shape index (κ1) is 20.3. The zero-order valence-corrected chi connectivity index (χ0v) is 17.2. The van der Waals surface area contributed by atoms with Gasteiger partial charge in [0.15, 0.2) is 0 Å². The van der Waals surface area contributed by atoms with Gasteiger partial charge in [0.25, 0.3) is 5.91 Å². The second-order valence-corrected chi connectivity index (χ2v) is 7.56. The van der Waals surface area contributed by atoms with Gasteiger partial charge < -0.3 is 9.64 Å². The van der Waals surface area contributed by atoms with E-state index in [9.17, 15) is 4.79 Å². The van der Waals surface area contributed by atoms with E-state index in [1.54, 1.807) is 18.7 Å². The maximum atomic E-state index is 13.5. The van der Waals surface area contributed by atoms with Crippen LogP contribution in [0.4, 0.5) is 0 Å². The van der Waals surface area contributed by atoms with E-state index in [0.29, 0.717) is 12.1 Å². The second-order valence-electron chi connectivity index (χ2n) is 7.56. The SMILES string of the molecule is CC(CN1CCOCC1)N(Cc1ccccc1)C(=O)c1ccc(-n2ccnc2)nc1. The highest BCUT2D eigenvalue weighted by atomic mass is 16.5. The van der Waals surface area contributed by atoms with Crippen LogP contribution in [0.1, 0.15) is 22.8 Å². The summed E-state index contributed by atoms with van der Waals surface area (Å²) in [6.07, 6.45) is 6.87. The highest BCUT2D eigenvalue weighted by Gasteiger charge is 2.25. The smallest absolute Gasteiger partial charge is 0.256 e. The van der Waals surface area contributed by atoms with Gasteiger partial charge in [-0.05, 0) is 24.6 Å². The second kappa shape index (κ2) is 9.65. The molecule has 1 aliphatic heterocycles. The van der Waals surface area contributed by atoms with Crippen LogP contribution in [0.5, 0.6) is 0 Å². The number of rotatable bonds is 7. The molecule has 1 aliphatic rings. The van der Waals surface area contributed by atoms with Crippen LogP contribution < -0.4 is 0 Å². The van der Waals surface area contributed by atoms with Crippen LogP contribution in [0, 0.1) is 0 Å². The molecular weight excluding hydrogens is 378 g/mol. The monoisotopic (exact) mass is 405 g/mol. The number of carbonyl (C=O) groups excluding carboxylic acids is 1. The molecule has 30 heavy (non-hydrogen) atoms. The van der Waals surface area contributed by atoms with Gasteiger partial charge in [-0.2, -0.15) is 0 Å². The fourth-order valence-corrected chi connectivity index (χ4v) is 3.69. The molecule has 3 heterocycles. The van der Waals surface area contributed by atoms with E-state index in [0.717, 1.165) is 44.2 Å². The van der Waals surface area contributed by atoms with E-state index in [1.807, 2.05) is 46.0 Å². The van der Waals surface area contributed by atoms with Crippen LogP contribution >= 0.6 is 0 Å². The van der Waals surface area contributed by atoms with Crippen LogP contribution in [0.15, 0.2) is 67.4 Å². The Labute approximate surface area is 176 Å². The van der Waals surface area contributed by atoms with Crippen molar-refractivity contribution in [2.24, 2.45) is 0 Å². The van der Waals surface area contributed by atoms with Crippen LogP contribution in [0.25, 0.3) is 5.82 Å². The number of ether oxygens (including phenoxy) is 1. The third-order valence-electron chi connectivity index (χ3n) is 5.38. The predicted octanol–water partition coefficient (Wildman–Crippen LogP) is 2.63. The normalized spacial score (nSPS) is 15.6. The zero-order chi connectivity index (χ0) is 20.8. The third-order valence-corrected chi connectivity index (χ3v) is 5.38. The van der Waals surface area contributed by atoms with Crippen molar-refractivity contribution in [3.8, 4) is 5.82 Å². The Bertz CT molecular complexity index is 922. The molecule has 0 N–H and O–H groups in total. The predicted molar refractivity (Wildman–Crippen MR) is 114 cm³/mol. The Morgan fingerprint density at radius 3 is 2.63 bits per heavy atom. The molecule has 1 unspecified atom stereocenters. The summed E-state index contributed by atoms with van der Waals surface area (Å²) in [7, 11) is 0. The molecule has 7 nitrogen and oxygen atoms in total. The van der Waals surface area contributed by atoms with E-state index < -0.39 is 0 Å². The molecule has 0 bridgehead atoms. The molecule has 156 valence electrons. The largest absolute Gasteiger partial charge is 0.379 e. The van der Waals surface area contributed by atoms with Crippen molar-refractivity contribution in [2.45, 2.75) is 19.5 Å². The van der Waals surface area contributed by atoms with Crippen molar-refractivity contribution in [1.29, 1.82) is 0 Å². The Morgan fingerprint density at radius 1 is 1.17 bits per heavy atom. The van der Waals surface area contributed by atoms with Gasteiger partial charge in [-0.1, -0.05) is 30.3 Å². The van der Waals surface area contributed by atoms with Crippen molar-refractivity contribution in [3.63, 3.8) is 0 Å². The average Bonchev–Trinajstić information content (AvgIpc) is 3.33. The molecule has 0 saturated carbocycles. The lowest BCUT2D eigenvalue weighted by Gasteiger charge is -2.35. The molecule has 7 heteroatoms. The van der Waals surface area contributed by atoms with Crippen LogP contribution in [0.3, 0.4) is 0 Å². The topological polar surface area (TPSA) is 63.5 Å². The fourth-order valence-electron chi connectivity index (χ4n) is 3.69. The Kier molecular flexibility index (Phi) is 6.51. The highest BCUT2D eigenvalue weighted by molar-refractivity contribution is 5.94. The summed E-state index contributed by atoms with van der Waals surface area (Å²) in [5.74, 6) is 0.726. The van der Waals surface area contributed by atoms with Gasteiger partial charge in [-0.25, -0.2) is 9.97 Å². The standard InChI is InChI=1S/C23H27N5O2/c1-19(16-26-11-13-30-14-12-26)28(17-20-5-3-2-4-6-20)23(29)21-7-8-22(25-15-21)27-10-9-24-18-27/h2-10,15,18-19H,11-14,16-17H2,1H3. The van der Waals surface area contributed by atoms with Gasteiger partial charge >= 0.3 is 0 Å². The summed E-state index contributed by atoms with van der Waals surface area (Å²) in [6.45, 7) is 6.80. The number of hydrogen-bond acceptors (Lipinski definition) is 5. The number of imidazole rings is 1. The quantitative estimate of drug-likeness (QED) is 0.605. The van der Waals surface area contributed by atoms with Gasteiger partial charge in [0.1, 0.15) is 12.1 Å². The number of pyridine rings is 1. The minimum atomic E-state index is -0.00991. The van der Waals surface area contributed by atoms with Crippen molar-refractivity contribution in [1.82, 2.24) is 24.3 Å². The number of carbonyl (C=O) groups is 1. The molecule has 0 aliphatic carbocycles. The molecule has 4 rings (SSSR count). The molecule has 2 aromatic heterocycles. The molecule has 1 saturated heterocycles. The summed E-state index contributed by atoms with van der Waals surface area (Å²) >= 11 is 0. The summed E-state index contributed by atoms with van der Waals surface area (Å²) in [6, 6.07) is 13.9. The number of nitrogens with zero attached hydrogens (tertiary/aromatic N) is 5. The molecule has 1 amide bonds. The summed E-state index contributed by atoms with van der Waals surface area (Å²) in [4.78, 5) is 26.3.